The van der Waals surface area contributed by atoms with Gasteiger partial charge in [0.25, 0.3) is 0 Å². The molecule has 0 unspecified atom stereocenters. The molecular formula is C19H22N2O6S. The molecule has 0 aliphatic heterocycles. The summed E-state index contributed by atoms with van der Waals surface area (Å²) in [5.74, 6) is -2.63. The Labute approximate surface area is 163 Å². The molecule has 0 amide bonds. The molecule has 0 aromatic heterocycles. The van der Waals surface area contributed by atoms with Crippen molar-refractivity contribution in [1.82, 2.24) is 4.72 Å². The highest BCUT2D eigenvalue weighted by Gasteiger charge is 2.26. The van der Waals surface area contributed by atoms with Gasteiger partial charge in [-0.3, -0.25) is 9.59 Å². The second-order valence-electron chi connectivity index (χ2n) is 6.41. The number of carbonyl (C=O) groups is 2. The van der Waals surface area contributed by atoms with Gasteiger partial charge in [0.05, 0.1) is 4.90 Å². The lowest BCUT2D eigenvalue weighted by atomic mass is 10.1. The van der Waals surface area contributed by atoms with Crippen LogP contribution in [0.25, 0.3) is 11.1 Å². The predicted octanol–water partition coefficient (Wildman–Crippen LogP) is 2.02. The summed E-state index contributed by atoms with van der Waals surface area (Å²) in [6.07, 6.45) is -0.804. The minimum atomic E-state index is -4.10. The summed E-state index contributed by atoms with van der Waals surface area (Å²) in [6.45, 7) is 0. The van der Waals surface area contributed by atoms with Crippen LogP contribution in [0.3, 0.4) is 0 Å². The Hall–Kier alpha value is -2.91. The number of sulfonamides is 1. The summed E-state index contributed by atoms with van der Waals surface area (Å²) in [4.78, 5) is 23.7. The van der Waals surface area contributed by atoms with Crippen molar-refractivity contribution < 1.29 is 28.2 Å². The van der Waals surface area contributed by atoms with Gasteiger partial charge in [-0.1, -0.05) is 24.3 Å². The molecule has 0 aliphatic carbocycles. The van der Waals surface area contributed by atoms with Gasteiger partial charge in [-0.25, -0.2) is 8.42 Å². The number of nitrogens with zero attached hydrogens (tertiary/aromatic N) is 1. The van der Waals surface area contributed by atoms with Crippen LogP contribution < -0.4 is 9.62 Å². The Morgan fingerprint density at radius 2 is 1.46 bits per heavy atom. The fraction of sp³-hybridized carbons (Fsp3) is 0.263. The average molecular weight is 406 g/mol. The number of benzene rings is 2. The van der Waals surface area contributed by atoms with Crippen LogP contribution in [0.2, 0.25) is 0 Å². The Kier molecular flexibility index (Phi) is 6.76. The van der Waals surface area contributed by atoms with Crippen LogP contribution in [0.4, 0.5) is 5.69 Å². The lowest BCUT2D eigenvalue weighted by molar-refractivity contribution is -0.140. The average Bonchev–Trinajstić information content (AvgIpc) is 2.65. The second-order valence-corrected chi connectivity index (χ2v) is 8.12. The summed E-state index contributed by atoms with van der Waals surface area (Å²) < 4.78 is 26.9. The number of hydrogen-bond donors (Lipinski definition) is 3. The number of rotatable bonds is 9. The SMILES string of the molecule is CN(C)c1ccc(-c2ccc(S(=O)(=O)N[C@H](CCC(=O)O)C(=O)O)cc2)cc1. The van der Waals surface area contributed by atoms with Gasteiger partial charge in [-0.2, -0.15) is 4.72 Å². The molecule has 0 heterocycles. The van der Waals surface area contributed by atoms with Gasteiger partial charge in [-0.15, -0.1) is 0 Å². The number of aliphatic carboxylic acids is 2. The van der Waals surface area contributed by atoms with E-state index in [1.165, 1.54) is 12.1 Å². The van der Waals surface area contributed by atoms with Crippen molar-refractivity contribution in [3.63, 3.8) is 0 Å². The van der Waals surface area contributed by atoms with Crippen LogP contribution >= 0.6 is 0 Å². The zero-order valence-corrected chi connectivity index (χ0v) is 16.3. The fourth-order valence-corrected chi connectivity index (χ4v) is 3.76. The van der Waals surface area contributed by atoms with E-state index in [2.05, 4.69) is 0 Å². The maximum atomic E-state index is 12.4. The van der Waals surface area contributed by atoms with E-state index in [0.717, 1.165) is 16.8 Å². The number of nitrogens with one attached hydrogen (secondary N) is 1. The highest BCUT2D eigenvalue weighted by Crippen LogP contribution is 2.24. The first-order valence-electron chi connectivity index (χ1n) is 8.45. The lowest BCUT2D eigenvalue weighted by Gasteiger charge is -2.14. The summed E-state index contributed by atoms with van der Waals surface area (Å²) in [5.41, 5.74) is 2.76. The van der Waals surface area contributed by atoms with E-state index in [1.807, 2.05) is 48.0 Å². The van der Waals surface area contributed by atoms with Crippen molar-refractivity contribution in [2.45, 2.75) is 23.8 Å². The minimum absolute atomic E-state index is 0.0947. The Morgan fingerprint density at radius 3 is 1.89 bits per heavy atom. The maximum Gasteiger partial charge on any atom is 0.321 e. The predicted molar refractivity (Wildman–Crippen MR) is 105 cm³/mol. The maximum absolute atomic E-state index is 12.4. The van der Waals surface area contributed by atoms with E-state index in [-0.39, 0.29) is 11.3 Å². The third kappa shape index (κ3) is 5.54. The molecule has 0 radical (unpaired) electrons. The van der Waals surface area contributed by atoms with E-state index < -0.39 is 34.4 Å². The monoisotopic (exact) mass is 406 g/mol. The van der Waals surface area contributed by atoms with E-state index in [0.29, 0.717) is 0 Å². The topological polar surface area (TPSA) is 124 Å². The summed E-state index contributed by atoms with van der Waals surface area (Å²) in [6, 6.07) is 12.2. The molecule has 1 atom stereocenters. The van der Waals surface area contributed by atoms with Gasteiger partial charge < -0.3 is 15.1 Å². The number of anilines is 1. The third-order valence-electron chi connectivity index (χ3n) is 4.12. The Morgan fingerprint density at radius 1 is 0.964 bits per heavy atom. The van der Waals surface area contributed by atoms with Gasteiger partial charge in [-0.05, 0) is 41.8 Å². The second kappa shape index (κ2) is 8.85. The van der Waals surface area contributed by atoms with E-state index in [4.69, 9.17) is 10.2 Å². The molecule has 2 aromatic carbocycles. The Bertz CT molecular complexity index is 937. The van der Waals surface area contributed by atoms with Crippen molar-refractivity contribution in [1.29, 1.82) is 0 Å². The van der Waals surface area contributed by atoms with Crippen molar-refractivity contribution in [3.8, 4) is 11.1 Å². The van der Waals surface area contributed by atoms with Crippen LogP contribution in [-0.4, -0.2) is 50.7 Å². The third-order valence-corrected chi connectivity index (χ3v) is 5.61. The molecule has 0 spiro atoms. The van der Waals surface area contributed by atoms with Gasteiger partial charge in [0, 0.05) is 26.2 Å². The molecule has 3 N–H and O–H groups in total. The van der Waals surface area contributed by atoms with Crippen LogP contribution in [0, 0.1) is 0 Å². The lowest BCUT2D eigenvalue weighted by Crippen LogP contribution is -2.41. The molecule has 150 valence electrons. The molecule has 28 heavy (non-hydrogen) atoms. The zero-order valence-electron chi connectivity index (χ0n) is 15.5. The molecule has 0 fully saturated rings. The van der Waals surface area contributed by atoms with E-state index in [9.17, 15) is 18.0 Å². The van der Waals surface area contributed by atoms with E-state index in [1.54, 1.807) is 12.1 Å². The standard InChI is InChI=1S/C19H22N2O6S/c1-21(2)15-7-3-13(4-8-15)14-5-9-16(10-6-14)28(26,27)20-17(19(24)25)11-12-18(22)23/h3-10,17,20H,11-12H2,1-2H3,(H,22,23)(H,24,25)/t17-/m1/s1. The fourth-order valence-electron chi connectivity index (χ4n) is 2.53. The highest BCUT2D eigenvalue weighted by atomic mass is 32.2. The minimum Gasteiger partial charge on any atom is -0.481 e. The van der Waals surface area contributed by atoms with Crippen molar-refractivity contribution in [3.05, 3.63) is 48.5 Å². The van der Waals surface area contributed by atoms with Crippen molar-refractivity contribution >= 4 is 27.6 Å². The molecule has 0 aliphatic rings. The van der Waals surface area contributed by atoms with E-state index >= 15 is 0 Å². The van der Waals surface area contributed by atoms with Crippen LogP contribution in [0.15, 0.2) is 53.4 Å². The summed E-state index contributed by atoms with van der Waals surface area (Å²) in [5, 5.41) is 17.8. The first-order chi connectivity index (χ1) is 13.1. The molecule has 0 bridgehead atoms. The van der Waals surface area contributed by atoms with Gasteiger partial charge in [0.15, 0.2) is 0 Å². The number of hydrogen-bond acceptors (Lipinski definition) is 5. The van der Waals surface area contributed by atoms with Gasteiger partial charge >= 0.3 is 11.9 Å². The van der Waals surface area contributed by atoms with Crippen molar-refractivity contribution in [2.75, 3.05) is 19.0 Å². The van der Waals surface area contributed by atoms with Gasteiger partial charge in [0.2, 0.25) is 10.0 Å². The zero-order chi connectivity index (χ0) is 20.9. The Balaban J connectivity index is 2.18. The first kappa shape index (κ1) is 21.4. The van der Waals surface area contributed by atoms with Crippen LogP contribution in [-0.2, 0) is 19.6 Å². The van der Waals surface area contributed by atoms with Gasteiger partial charge in [0.1, 0.15) is 6.04 Å². The number of carboxylic acids is 2. The molecule has 9 heteroatoms. The first-order valence-corrected chi connectivity index (χ1v) is 9.93. The normalized spacial score (nSPS) is 12.4. The molecule has 0 saturated carbocycles. The summed E-state index contributed by atoms with van der Waals surface area (Å²) >= 11 is 0. The highest BCUT2D eigenvalue weighted by molar-refractivity contribution is 7.89. The largest absolute Gasteiger partial charge is 0.481 e. The van der Waals surface area contributed by atoms with Crippen LogP contribution in [0.5, 0.6) is 0 Å². The summed E-state index contributed by atoms with van der Waals surface area (Å²) in [7, 11) is -0.234. The smallest absolute Gasteiger partial charge is 0.321 e. The number of carboxylic acid groups (broad SMARTS) is 2. The molecule has 2 rings (SSSR count). The molecule has 2 aromatic rings. The molecule has 8 nitrogen and oxygen atoms in total. The van der Waals surface area contributed by atoms with Crippen molar-refractivity contribution in [2.24, 2.45) is 0 Å². The molecular weight excluding hydrogens is 384 g/mol. The van der Waals surface area contributed by atoms with Crippen LogP contribution in [0.1, 0.15) is 12.8 Å². The quantitative estimate of drug-likeness (QED) is 0.582. The molecule has 0 saturated heterocycles.